The zero-order valence-electron chi connectivity index (χ0n) is 25.0. The van der Waals surface area contributed by atoms with E-state index in [1.165, 1.54) is 0 Å². The predicted octanol–water partition coefficient (Wildman–Crippen LogP) is 6.33. The van der Waals surface area contributed by atoms with Crippen molar-refractivity contribution in [1.29, 1.82) is 0 Å². The van der Waals surface area contributed by atoms with Crippen LogP contribution in [-0.4, -0.2) is 46.1 Å². The van der Waals surface area contributed by atoms with Crippen molar-refractivity contribution in [2.45, 2.75) is 84.9 Å². The molecule has 10 nitrogen and oxygen atoms in total. The lowest BCUT2D eigenvalue weighted by atomic mass is 9.95. The lowest BCUT2D eigenvalue weighted by molar-refractivity contribution is -0.125. The Morgan fingerprint density at radius 1 is 0.952 bits per heavy atom. The van der Waals surface area contributed by atoms with Crippen LogP contribution in [0.5, 0.6) is 0 Å². The van der Waals surface area contributed by atoms with Crippen LogP contribution in [0.25, 0.3) is 22.5 Å². The maximum Gasteiger partial charge on any atom is 0.319 e. The second kappa shape index (κ2) is 15.2. The molecule has 2 amide bonds. The van der Waals surface area contributed by atoms with Crippen LogP contribution in [-0.2, 0) is 29.7 Å². The molecule has 0 spiro atoms. The third-order valence-corrected chi connectivity index (χ3v) is 8.15. The fraction of sp³-hybridized carbons (Fsp3) is 0.484. The Bertz CT molecular complexity index is 1390. The number of anilines is 1. The molecule has 0 saturated carbocycles. The van der Waals surface area contributed by atoms with E-state index >= 15 is 0 Å². The van der Waals surface area contributed by atoms with Gasteiger partial charge in [0.2, 0.25) is 11.8 Å². The predicted molar refractivity (Wildman–Crippen MR) is 164 cm³/mol. The molecule has 11 heteroatoms. The first-order chi connectivity index (χ1) is 20.3. The number of fused-ring (bicyclic) bond motifs is 5. The van der Waals surface area contributed by atoms with Gasteiger partial charge < -0.3 is 19.3 Å². The van der Waals surface area contributed by atoms with Gasteiger partial charge in [-0.15, -0.1) is 5.10 Å². The van der Waals surface area contributed by atoms with Crippen LogP contribution >= 0.6 is 8.25 Å². The van der Waals surface area contributed by atoms with Gasteiger partial charge in [0, 0.05) is 36.6 Å². The van der Waals surface area contributed by atoms with E-state index in [1.54, 1.807) is 4.90 Å². The quantitative estimate of drug-likeness (QED) is 0.171. The zero-order chi connectivity index (χ0) is 30.1. The average Bonchev–Trinajstić information content (AvgIpc) is 3.40. The molecule has 0 fully saturated rings. The summed E-state index contributed by atoms with van der Waals surface area (Å²) in [5, 5.41) is 12.0. The summed E-state index contributed by atoms with van der Waals surface area (Å²) in [6.07, 6.45) is 3.55. The van der Waals surface area contributed by atoms with E-state index in [9.17, 15) is 14.2 Å². The Morgan fingerprint density at radius 2 is 1.67 bits per heavy atom. The SMILES string of the molecule is CC(C)O[PH](=O)OCCCCCCNC(=O)CCC(=O)N1Cc2ccccc2-c2c(nnn2C(C)C)-c2ccccc21. The van der Waals surface area contributed by atoms with Crippen molar-refractivity contribution in [3.8, 4) is 22.5 Å². The highest BCUT2D eigenvalue weighted by Gasteiger charge is 2.29. The van der Waals surface area contributed by atoms with E-state index in [2.05, 4.69) is 35.5 Å². The third kappa shape index (κ3) is 8.15. The van der Waals surface area contributed by atoms with Gasteiger partial charge in [0.05, 0.1) is 30.6 Å². The molecule has 0 aliphatic carbocycles. The van der Waals surface area contributed by atoms with Crippen molar-refractivity contribution < 1.29 is 23.2 Å². The van der Waals surface area contributed by atoms with Crippen LogP contribution in [0.4, 0.5) is 5.69 Å². The van der Waals surface area contributed by atoms with Crippen molar-refractivity contribution in [3.05, 3.63) is 54.1 Å². The lowest BCUT2D eigenvalue weighted by Gasteiger charge is -2.28. The van der Waals surface area contributed by atoms with Crippen LogP contribution in [0.1, 0.15) is 77.8 Å². The number of carbonyl (C=O) groups excluding carboxylic acids is 2. The van der Waals surface area contributed by atoms with Crippen LogP contribution in [0.2, 0.25) is 0 Å². The normalized spacial score (nSPS) is 13.2. The number of hydrogen-bond acceptors (Lipinski definition) is 7. The topological polar surface area (TPSA) is 116 Å². The molecule has 3 aromatic rings. The molecule has 0 radical (unpaired) electrons. The minimum atomic E-state index is -2.41. The Hall–Kier alpha value is -3.33. The van der Waals surface area contributed by atoms with E-state index in [-0.39, 0.29) is 36.8 Å². The number of nitrogens with zero attached hydrogens (tertiary/aromatic N) is 4. The number of benzene rings is 2. The minimum Gasteiger partial charge on any atom is -0.356 e. The average molecular weight is 596 g/mol. The van der Waals surface area contributed by atoms with Gasteiger partial charge in [-0.25, -0.2) is 4.68 Å². The van der Waals surface area contributed by atoms with Gasteiger partial charge in [-0.1, -0.05) is 60.5 Å². The van der Waals surface area contributed by atoms with E-state index in [0.717, 1.165) is 59.4 Å². The van der Waals surface area contributed by atoms with Gasteiger partial charge in [-0.3, -0.25) is 14.2 Å². The molecular formula is C31H42N5O5P. The number of unbranched alkanes of at least 4 members (excludes halogenated alkanes) is 3. The van der Waals surface area contributed by atoms with Gasteiger partial charge in [0.25, 0.3) is 0 Å². The molecule has 2 heterocycles. The van der Waals surface area contributed by atoms with Gasteiger partial charge >= 0.3 is 8.25 Å². The summed E-state index contributed by atoms with van der Waals surface area (Å²) < 4.78 is 23.8. The summed E-state index contributed by atoms with van der Waals surface area (Å²) in [6, 6.07) is 15.9. The highest BCUT2D eigenvalue weighted by molar-refractivity contribution is 7.33. The van der Waals surface area contributed by atoms with E-state index in [4.69, 9.17) is 9.05 Å². The molecular weight excluding hydrogens is 553 g/mol. The summed E-state index contributed by atoms with van der Waals surface area (Å²) in [5.41, 5.74) is 5.30. The van der Waals surface area contributed by atoms with Gasteiger partial charge in [0.15, 0.2) is 0 Å². The smallest absolute Gasteiger partial charge is 0.319 e. The molecule has 42 heavy (non-hydrogen) atoms. The summed E-state index contributed by atoms with van der Waals surface area (Å²) in [5.74, 6) is -0.258. The summed E-state index contributed by atoms with van der Waals surface area (Å²) in [7, 11) is -2.41. The number of nitrogens with one attached hydrogen (secondary N) is 1. The van der Waals surface area contributed by atoms with Crippen molar-refractivity contribution in [3.63, 3.8) is 0 Å². The molecule has 2 aromatic carbocycles. The Balaban J connectivity index is 1.33. The molecule has 1 atom stereocenters. The van der Waals surface area contributed by atoms with Crippen LogP contribution < -0.4 is 10.2 Å². The molecule has 4 rings (SSSR count). The van der Waals surface area contributed by atoms with Gasteiger partial charge in [0.1, 0.15) is 5.69 Å². The molecule has 1 N–H and O–H groups in total. The molecule has 1 aromatic heterocycles. The first-order valence-corrected chi connectivity index (χ1v) is 16.0. The van der Waals surface area contributed by atoms with Crippen LogP contribution in [0, 0.1) is 0 Å². The fourth-order valence-electron chi connectivity index (χ4n) is 5.00. The van der Waals surface area contributed by atoms with E-state index in [1.807, 2.05) is 61.0 Å². The number of aromatic nitrogens is 3. The molecule has 1 aliphatic rings. The minimum absolute atomic E-state index is 0.100. The van der Waals surface area contributed by atoms with E-state index < -0.39 is 8.25 Å². The monoisotopic (exact) mass is 595 g/mol. The Morgan fingerprint density at radius 3 is 2.43 bits per heavy atom. The second-order valence-electron chi connectivity index (χ2n) is 11.0. The van der Waals surface area contributed by atoms with Gasteiger partial charge in [-0.05, 0) is 52.2 Å². The Labute approximate surface area is 248 Å². The Kier molecular flexibility index (Phi) is 11.5. The summed E-state index contributed by atoms with van der Waals surface area (Å²) >= 11 is 0. The number of rotatable bonds is 14. The third-order valence-electron chi connectivity index (χ3n) is 7.05. The molecule has 0 saturated heterocycles. The molecule has 226 valence electrons. The highest BCUT2D eigenvalue weighted by atomic mass is 31.1. The fourth-order valence-corrected chi connectivity index (χ4v) is 5.76. The molecule has 0 bridgehead atoms. The van der Waals surface area contributed by atoms with Gasteiger partial charge in [-0.2, -0.15) is 0 Å². The maximum absolute atomic E-state index is 13.6. The first kappa shape index (κ1) is 31.6. The van der Waals surface area contributed by atoms with E-state index in [0.29, 0.717) is 19.7 Å². The number of para-hydroxylation sites is 1. The largest absolute Gasteiger partial charge is 0.356 e. The maximum atomic E-state index is 13.6. The zero-order valence-corrected chi connectivity index (χ0v) is 26.0. The first-order valence-electron chi connectivity index (χ1n) is 14.8. The second-order valence-corrected chi connectivity index (χ2v) is 12.0. The molecule has 1 aliphatic heterocycles. The highest BCUT2D eigenvalue weighted by Crippen LogP contribution is 2.41. The lowest BCUT2D eigenvalue weighted by Crippen LogP contribution is -2.33. The standard InChI is InChI=1S/C31H42N5O5P/c1-22(2)36-31-25-14-8-7-13-24(25)21-35(27-16-10-9-15-26(27)30(31)33-34-36)29(38)18-17-28(37)32-19-11-5-6-12-20-40-42(39)41-23(3)4/h7-10,13-16,22-23,42H,5-6,11-12,17-21H2,1-4H3,(H,32,37). The molecule has 1 unspecified atom stereocenters. The summed E-state index contributed by atoms with van der Waals surface area (Å²) in [6.45, 7) is 9.14. The number of hydrogen-bond donors (Lipinski definition) is 1. The summed E-state index contributed by atoms with van der Waals surface area (Å²) in [4.78, 5) is 27.9. The van der Waals surface area contributed by atoms with Crippen LogP contribution in [0.15, 0.2) is 48.5 Å². The number of carbonyl (C=O) groups is 2. The number of amides is 2. The van der Waals surface area contributed by atoms with Crippen LogP contribution in [0.3, 0.4) is 0 Å². The van der Waals surface area contributed by atoms with Crippen molar-refractivity contribution in [1.82, 2.24) is 20.3 Å². The van der Waals surface area contributed by atoms with Crippen molar-refractivity contribution in [2.75, 3.05) is 18.1 Å². The van der Waals surface area contributed by atoms with Crippen molar-refractivity contribution >= 4 is 25.8 Å². The van der Waals surface area contributed by atoms with Crippen molar-refractivity contribution in [2.24, 2.45) is 0 Å².